The van der Waals surface area contributed by atoms with Crippen LogP contribution in [-0.4, -0.2) is 42.6 Å². The van der Waals surface area contributed by atoms with E-state index >= 15 is 0 Å². The van der Waals surface area contributed by atoms with Gasteiger partial charge in [-0.05, 0) is 13.8 Å². The molecule has 0 spiro atoms. The maximum Gasteiger partial charge on any atom is 0.302 e. The SMILES string of the molecule is CC(=O)OC[C@H]1OC2OC(C)(C)OC2C1=O. The van der Waals surface area contributed by atoms with Gasteiger partial charge in [0.2, 0.25) is 0 Å². The van der Waals surface area contributed by atoms with Gasteiger partial charge in [-0.15, -0.1) is 0 Å². The summed E-state index contributed by atoms with van der Waals surface area (Å²) in [4.78, 5) is 22.4. The second-order valence-corrected chi connectivity index (χ2v) is 4.25. The summed E-state index contributed by atoms with van der Waals surface area (Å²) in [5.41, 5.74) is 0. The molecule has 2 fully saturated rings. The molecule has 2 rings (SSSR count). The van der Waals surface area contributed by atoms with E-state index < -0.39 is 30.3 Å². The van der Waals surface area contributed by atoms with Crippen LogP contribution < -0.4 is 0 Å². The lowest BCUT2D eigenvalue weighted by atomic mass is 10.2. The van der Waals surface area contributed by atoms with Gasteiger partial charge in [-0.1, -0.05) is 0 Å². The normalized spacial score (nSPS) is 36.2. The zero-order valence-electron chi connectivity index (χ0n) is 9.39. The molecule has 2 heterocycles. The predicted molar refractivity (Wildman–Crippen MR) is 50.3 cm³/mol. The molecule has 90 valence electrons. The molecule has 2 aliphatic rings. The first kappa shape index (κ1) is 11.5. The van der Waals surface area contributed by atoms with E-state index in [4.69, 9.17) is 18.9 Å². The van der Waals surface area contributed by atoms with Crippen LogP contribution in [0.3, 0.4) is 0 Å². The number of esters is 1. The summed E-state index contributed by atoms with van der Waals surface area (Å²) >= 11 is 0. The zero-order chi connectivity index (χ0) is 11.9. The van der Waals surface area contributed by atoms with Crippen LogP contribution >= 0.6 is 0 Å². The molecule has 0 aromatic heterocycles. The summed E-state index contributed by atoms with van der Waals surface area (Å²) in [5, 5.41) is 0. The minimum absolute atomic E-state index is 0.0890. The second-order valence-electron chi connectivity index (χ2n) is 4.25. The Balaban J connectivity index is 1.95. The van der Waals surface area contributed by atoms with Gasteiger partial charge >= 0.3 is 5.97 Å². The molecule has 3 atom stereocenters. The Kier molecular flexibility index (Phi) is 2.73. The van der Waals surface area contributed by atoms with Gasteiger partial charge in [-0.3, -0.25) is 9.59 Å². The topological polar surface area (TPSA) is 71.1 Å². The van der Waals surface area contributed by atoms with Gasteiger partial charge in [0.15, 0.2) is 30.1 Å². The molecule has 0 aromatic carbocycles. The van der Waals surface area contributed by atoms with Gasteiger partial charge in [0.05, 0.1) is 0 Å². The lowest BCUT2D eigenvalue weighted by molar-refractivity contribution is -0.209. The number of ether oxygens (including phenoxy) is 4. The molecule has 2 saturated heterocycles. The molecule has 16 heavy (non-hydrogen) atoms. The van der Waals surface area contributed by atoms with E-state index in [-0.39, 0.29) is 12.4 Å². The highest BCUT2D eigenvalue weighted by atomic mass is 16.8. The fourth-order valence-corrected chi connectivity index (χ4v) is 1.75. The number of Topliss-reactive ketones (excluding diaryl/α,β-unsaturated/α-hetero) is 1. The smallest absolute Gasteiger partial charge is 0.302 e. The van der Waals surface area contributed by atoms with Crippen molar-refractivity contribution < 1.29 is 28.5 Å². The predicted octanol–water partition coefficient (Wildman–Crippen LogP) is -0.00500. The lowest BCUT2D eigenvalue weighted by Crippen LogP contribution is -2.33. The third kappa shape index (κ3) is 2.09. The maximum atomic E-state index is 11.8. The highest BCUT2D eigenvalue weighted by Gasteiger charge is 2.54. The summed E-state index contributed by atoms with van der Waals surface area (Å²) in [6.45, 7) is 4.61. The van der Waals surface area contributed by atoms with Crippen LogP contribution in [0.15, 0.2) is 0 Å². The largest absolute Gasteiger partial charge is 0.463 e. The van der Waals surface area contributed by atoms with Crippen LogP contribution in [-0.2, 0) is 28.5 Å². The number of ketones is 1. The van der Waals surface area contributed by atoms with Gasteiger partial charge in [-0.2, -0.15) is 0 Å². The molecule has 6 nitrogen and oxygen atoms in total. The number of hydrogen-bond donors (Lipinski definition) is 0. The number of fused-ring (bicyclic) bond motifs is 1. The average molecular weight is 230 g/mol. The number of carbonyl (C=O) groups excluding carboxylic acids is 2. The van der Waals surface area contributed by atoms with E-state index in [0.717, 1.165) is 0 Å². The monoisotopic (exact) mass is 230 g/mol. The van der Waals surface area contributed by atoms with Crippen LogP contribution in [0.25, 0.3) is 0 Å². The minimum atomic E-state index is -0.808. The summed E-state index contributed by atoms with van der Waals surface area (Å²) in [7, 11) is 0. The Bertz CT molecular complexity index is 323. The van der Waals surface area contributed by atoms with Crippen molar-refractivity contribution in [2.75, 3.05) is 6.61 Å². The van der Waals surface area contributed by atoms with Crippen molar-refractivity contribution in [3.05, 3.63) is 0 Å². The molecule has 0 aliphatic carbocycles. The first-order chi connectivity index (χ1) is 7.39. The molecule has 2 unspecified atom stereocenters. The number of hydrogen-bond acceptors (Lipinski definition) is 6. The van der Waals surface area contributed by atoms with Crippen LogP contribution in [0.2, 0.25) is 0 Å². The summed E-state index contributed by atoms with van der Waals surface area (Å²) in [6, 6.07) is 0. The Labute approximate surface area is 92.8 Å². The first-order valence-corrected chi connectivity index (χ1v) is 5.07. The first-order valence-electron chi connectivity index (χ1n) is 5.07. The van der Waals surface area contributed by atoms with Gasteiger partial charge in [0.25, 0.3) is 0 Å². The molecule has 0 amide bonds. The standard InChI is InChI=1S/C10H14O6/c1-5(11)13-4-6-7(12)8-9(14-6)16-10(2,3)15-8/h6,8-9H,4H2,1-3H3/t6-,8?,9?/m1/s1. The van der Waals surface area contributed by atoms with Crippen molar-refractivity contribution in [1.82, 2.24) is 0 Å². The lowest BCUT2D eigenvalue weighted by Gasteiger charge is -2.19. The molecule has 0 saturated carbocycles. The van der Waals surface area contributed by atoms with Crippen molar-refractivity contribution in [3.8, 4) is 0 Å². The molecule has 0 N–H and O–H groups in total. The highest BCUT2D eigenvalue weighted by molar-refractivity contribution is 5.90. The second kappa shape index (κ2) is 3.80. The van der Waals surface area contributed by atoms with Crippen LogP contribution in [0.5, 0.6) is 0 Å². The number of rotatable bonds is 2. The maximum absolute atomic E-state index is 11.8. The molecule has 6 heteroatoms. The quantitative estimate of drug-likeness (QED) is 0.621. The van der Waals surface area contributed by atoms with E-state index in [1.54, 1.807) is 13.8 Å². The van der Waals surface area contributed by atoms with E-state index in [0.29, 0.717) is 0 Å². The zero-order valence-corrected chi connectivity index (χ0v) is 9.39. The van der Waals surface area contributed by atoms with Crippen LogP contribution in [0.1, 0.15) is 20.8 Å². The van der Waals surface area contributed by atoms with Crippen LogP contribution in [0.4, 0.5) is 0 Å². The molecule has 2 aliphatic heterocycles. The van der Waals surface area contributed by atoms with Crippen LogP contribution in [0, 0.1) is 0 Å². The van der Waals surface area contributed by atoms with Crippen molar-refractivity contribution in [2.24, 2.45) is 0 Å². The van der Waals surface area contributed by atoms with Crippen molar-refractivity contribution in [1.29, 1.82) is 0 Å². The summed E-state index contributed by atoms with van der Waals surface area (Å²) in [5.74, 6) is -1.50. The summed E-state index contributed by atoms with van der Waals surface area (Å²) < 4.78 is 20.8. The van der Waals surface area contributed by atoms with Crippen molar-refractivity contribution in [2.45, 2.75) is 45.1 Å². The fourth-order valence-electron chi connectivity index (χ4n) is 1.75. The molecule has 0 radical (unpaired) electrons. The van der Waals surface area contributed by atoms with Crippen molar-refractivity contribution in [3.63, 3.8) is 0 Å². The fraction of sp³-hybridized carbons (Fsp3) is 0.800. The van der Waals surface area contributed by atoms with Gasteiger partial charge < -0.3 is 18.9 Å². The Morgan fingerprint density at radius 1 is 1.44 bits per heavy atom. The highest BCUT2D eigenvalue weighted by Crippen LogP contribution is 2.35. The molecular weight excluding hydrogens is 216 g/mol. The van der Waals surface area contributed by atoms with E-state index in [2.05, 4.69) is 0 Å². The third-order valence-corrected chi connectivity index (χ3v) is 2.39. The molecule has 0 aromatic rings. The van der Waals surface area contributed by atoms with Gasteiger partial charge in [0, 0.05) is 6.92 Å². The third-order valence-electron chi connectivity index (χ3n) is 2.39. The average Bonchev–Trinajstić information content (AvgIpc) is 2.58. The Morgan fingerprint density at radius 3 is 2.69 bits per heavy atom. The minimum Gasteiger partial charge on any atom is -0.463 e. The van der Waals surface area contributed by atoms with Gasteiger partial charge in [-0.25, -0.2) is 0 Å². The summed E-state index contributed by atoms with van der Waals surface area (Å²) in [6.07, 6.45) is -2.19. The molecular formula is C10H14O6. The van der Waals surface area contributed by atoms with E-state index in [9.17, 15) is 9.59 Å². The van der Waals surface area contributed by atoms with E-state index in [1.807, 2.05) is 0 Å². The van der Waals surface area contributed by atoms with E-state index in [1.165, 1.54) is 6.92 Å². The Hall–Kier alpha value is -0.980. The van der Waals surface area contributed by atoms with Gasteiger partial charge in [0.1, 0.15) is 6.61 Å². The van der Waals surface area contributed by atoms with Crippen molar-refractivity contribution >= 4 is 11.8 Å². The Morgan fingerprint density at radius 2 is 2.12 bits per heavy atom. The number of carbonyl (C=O) groups is 2. The molecule has 0 bridgehead atoms.